The van der Waals surface area contributed by atoms with Gasteiger partial charge in [0.1, 0.15) is 0 Å². The highest BCUT2D eigenvalue weighted by molar-refractivity contribution is 8.16. The van der Waals surface area contributed by atoms with Gasteiger partial charge in [-0.1, -0.05) is 83.1 Å². The van der Waals surface area contributed by atoms with Crippen LogP contribution in [-0.2, 0) is 9.59 Å². The van der Waals surface area contributed by atoms with E-state index in [2.05, 4.69) is 20.6 Å². The SMILES string of the molecule is C[C@H](N=C1NC(=O)[C@@](C)(C(F)(F)F)S1)c1ccccc1Cl.C[C@H](N=C1NC(=O)[C@](C)(C(F)(F)F)S1)c1ccccc1Cl. The van der Waals surface area contributed by atoms with Crippen molar-refractivity contribution >= 4 is 68.9 Å². The molecule has 2 N–H and O–H groups in total. The van der Waals surface area contributed by atoms with Crippen LogP contribution in [0, 0.1) is 0 Å². The highest BCUT2D eigenvalue weighted by Crippen LogP contribution is 2.46. The lowest BCUT2D eigenvalue weighted by molar-refractivity contribution is -0.167. The van der Waals surface area contributed by atoms with Crippen molar-refractivity contribution in [3.8, 4) is 0 Å². The topological polar surface area (TPSA) is 82.9 Å². The van der Waals surface area contributed by atoms with E-state index in [-0.39, 0.29) is 10.3 Å². The van der Waals surface area contributed by atoms with Gasteiger partial charge in [0.2, 0.25) is 0 Å². The molecule has 0 bridgehead atoms. The lowest BCUT2D eigenvalue weighted by Gasteiger charge is -2.21. The van der Waals surface area contributed by atoms with Crippen LogP contribution in [0.3, 0.4) is 0 Å². The molecule has 2 aliphatic rings. The zero-order valence-electron chi connectivity index (χ0n) is 22.3. The number of halogens is 8. The molecule has 0 radical (unpaired) electrons. The molecule has 2 aromatic rings. The molecule has 4 atom stereocenters. The standard InChI is InChI=1S/2C13H12ClF3N2OS/c2*1-7(8-5-3-4-6-9(8)14)18-11-19-10(20)12(2,21-11)13(15,16)17/h2*3-7H,1-2H3,(H,18,19,20)/t7-,12+;7-,12-/m00/s1. The monoisotopic (exact) mass is 672 g/mol. The predicted octanol–water partition coefficient (Wildman–Crippen LogP) is 7.88. The second-order valence-corrected chi connectivity index (χ2v) is 13.1. The Hall–Kier alpha value is -2.42. The Balaban J connectivity index is 0.000000230. The minimum atomic E-state index is -4.65. The highest BCUT2D eigenvalue weighted by Gasteiger charge is 2.62. The lowest BCUT2D eigenvalue weighted by atomic mass is 10.1. The van der Waals surface area contributed by atoms with Crippen LogP contribution < -0.4 is 10.6 Å². The molecule has 0 aromatic heterocycles. The van der Waals surface area contributed by atoms with Crippen LogP contribution in [0.2, 0.25) is 10.0 Å². The first kappa shape index (κ1) is 34.1. The molecule has 0 saturated carbocycles. The molecule has 2 aliphatic heterocycles. The molecule has 0 aliphatic carbocycles. The summed E-state index contributed by atoms with van der Waals surface area (Å²) >= 11 is 12.8. The number of amides is 2. The summed E-state index contributed by atoms with van der Waals surface area (Å²) < 4.78 is 72.6. The Bertz CT molecular complexity index is 1320. The average molecular weight is 674 g/mol. The van der Waals surface area contributed by atoms with Crippen LogP contribution in [0.25, 0.3) is 0 Å². The first-order chi connectivity index (χ1) is 19.3. The first-order valence-corrected chi connectivity index (χ1v) is 14.5. The van der Waals surface area contributed by atoms with Gasteiger partial charge in [0.05, 0.1) is 12.1 Å². The zero-order chi connectivity index (χ0) is 31.7. The number of benzene rings is 2. The molecule has 16 heteroatoms. The van der Waals surface area contributed by atoms with Crippen LogP contribution in [-0.4, -0.2) is 44.0 Å². The third-order valence-corrected chi connectivity index (χ3v) is 9.46. The van der Waals surface area contributed by atoms with E-state index in [9.17, 15) is 35.9 Å². The maximum atomic E-state index is 12.9. The summed E-state index contributed by atoms with van der Waals surface area (Å²) in [7, 11) is 0. The van der Waals surface area contributed by atoms with Gasteiger partial charge in [0.15, 0.2) is 19.8 Å². The van der Waals surface area contributed by atoms with Crippen molar-refractivity contribution in [2.75, 3.05) is 0 Å². The number of hydrogen-bond acceptors (Lipinski definition) is 6. The maximum Gasteiger partial charge on any atom is 0.412 e. The van der Waals surface area contributed by atoms with Gasteiger partial charge in [0.25, 0.3) is 11.8 Å². The number of aliphatic imine (C=N–C) groups is 2. The molecule has 42 heavy (non-hydrogen) atoms. The molecule has 0 spiro atoms. The Morgan fingerprint density at radius 1 is 0.690 bits per heavy atom. The molecule has 2 amide bonds. The van der Waals surface area contributed by atoms with Crippen molar-refractivity contribution in [3.05, 3.63) is 69.7 Å². The zero-order valence-corrected chi connectivity index (χ0v) is 25.5. The van der Waals surface area contributed by atoms with Gasteiger partial charge in [-0.25, -0.2) is 0 Å². The van der Waals surface area contributed by atoms with Crippen LogP contribution in [0.1, 0.15) is 50.9 Å². The number of thioether (sulfide) groups is 2. The summed E-state index contributed by atoms with van der Waals surface area (Å²) in [5.41, 5.74) is 1.37. The first-order valence-electron chi connectivity index (χ1n) is 12.1. The molecule has 4 rings (SSSR count). The molecular weight excluding hydrogens is 649 g/mol. The molecule has 2 heterocycles. The van der Waals surface area contributed by atoms with Crippen molar-refractivity contribution in [1.82, 2.24) is 10.6 Å². The van der Waals surface area contributed by atoms with E-state index in [1.165, 1.54) is 0 Å². The number of carbonyl (C=O) groups excluding carboxylic acids is 2. The van der Waals surface area contributed by atoms with Crippen molar-refractivity contribution in [2.45, 2.75) is 61.6 Å². The third kappa shape index (κ3) is 7.20. The minimum Gasteiger partial charge on any atom is -0.304 e. The Morgan fingerprint density at radius 3 is 1.26 bits per heavy atom. The number of nitrogens with one attached hydrogen (secondary N) is 2. The van der Waals surface area contributed by atoms with Gasteiger partial charge in [-0.2, -0.15) is 26.3 Å². The van der Waals surface area contributed by atoms with E-state index in [1.54, 1.807) is 62.4 Å². The van der Waals surface area contributed by atoms with Crippen molar-refractivity contribution < 1.29 is 35.9 Å². The minimum absolute atomic E-state index is 0.0488. The smallest absolute Gasteiger partial charge is 0.304 e. The quantitative estimate of drug-likeness (QED) is 0.324. The summed E-state index contributed by atoms with van der Waals surface area (Å²) in [5.74, 6) is -2.21. The van der Waals surface area contributed by atoms with Crippen molar-refractivity contribution in [3.63, 3.8) is 0 Å². The van der Waals surface area contributed by atoms with Gasteiger partial charge < -0.3 is 10.6 Å². The van der Waals surface area contributed by atoms with Gasteiger partial charge >= 0.3 is 12.4 Å². The maximum absolute atomic E-state index is 12.9. The average Bonchev–Trinajstić information content (AvgIpc) is 3.34. The van der Waals surface area contributed by atoms with E-state index in [4.69, 9.17) is 23.2 Å². The summed E-state index contributed by atoms with van der Waals surface area (Å²) in [6.07, 6.45) is -9.29. The number of nitrogens with zero attached hydrogens (tertiary/aromatic N) is 2. The molecule has 0 unspecified atom stereocenters. The van der Waals surface area contributed by atoms with Crippen LogP contribution in [0.4, 0.5) is 26.3 Å². The number of amidine groups is 2. The van der Waals surface area contributed by atoms with Gasteiger partial charge in [-0.3, -0.25) is 19.6 Å². The number of rotatable bonds is 4. The van der Waals surface area contributed by atoms with Crippen molar-refractivity contribution in [2.24, 2.45) is 9.98 Å². The van der Waals surface area contributed by atoms with Crippen LogP contribution in [0.5, 0.6) is 0 Å². The highest BCUT2D eigenvalue weighted by atomic mass is 35.5. The summed E-state index contributed by atoms with van der Waals surface area (Å²) in [6, 6.07) is 12.9. The Morgan fingerprint density at radius 2 is 1.00 bits per heavy atom. The molecule has 6 nitrogen and oxygen atoms in total. The number of hydrogen-bond donors (Lipinski definition) is 2. The fourth-order valence-electron chi connectivity index (χ4n) is 3.57. The third-order valence-electron chi connectivity index (χ3n) is 6.32. The van der Waals surface area contributed by atoms with Gasteiger partial charge in [0, 0.05) is 10.0 Å². The number of carbonyl (C=O) groups is 2. The molecule has 2 saturated heterocycles. The summed E-state index contributed by atoms with van der Waals surface area (Å²) in [5, 5.41) is 5.22. The van der Waals surface area contributed by atoms with E-state index in [1.807, 2.05) is 0 Å². The molecule has 2 aromatic carbocycles. The predicted molar refractivity (Wildman–Crippen MR) is 155 cm³/mol. The molecular formula is C26H24Cl2F6N4O2S2. The Labute approximate surface area is 256 Å². The van der Waals surface area contributed by atoms with Crippen LogP contribution in [0.15, 0.2) is 58.5 Å². The normalized spacial score (nSPS) is 26.0. The van der Waals surface area contributed by atoms with E-state index in [0.717, 1.165) is 13.8 Å². The number of alkyl halides is 6. The van der Waals surface area contributed by atoms with E-state index >= 15 is 0 Å². The van der Waals surface area contributed by atoms with E-state index < -0.39 is 45.7 Å². The molecule has 2 fully saturated rings. The van der Waals surface area contributed by atoms with E-state index in [0.29, 0.717) is 44.7 Å². The Kier molecular flexibility index (Phi) is 10.3. The van der Waals surface area contributed by atoms with Crippen molar-refractivity contribution in [1.29, 1.82) is 0 Å². The molecule has 228 valence electrons. The fourth-order valence-corrected chi connectivity index (χ4v) is 6.16. The summed E-state index contributed by atoms with van der Waals surface area (Å²) in [4.78, 5) is 31.4. The van der Waals surface area contributed by atoms with Gasteiger partial charge in [-0.15, -0.1) is 0 Å². The fraction of sp³-hybridized carbons (Fsp3) is 0.385. The summed E-state index contributed by atoms with van der Waals surface area (Å²) in [6.45, 7) is 5.08. The van der Waals surface area contributed by atoms with Crippen LogP contribution >= 0.6 is 46.7 Å². The van der Waals surface area contributed by atoms with Gasteiger partial charge in [-0.05, 0) is 51.0 Å². The second-order valence-electron chi connectivity index (χ2n) is 9.44. The second kappa shape index (κ2) is 12.7. The largest absolute Gasteiger partial charge is 0.412 e. The lowest BCUT2D eigenvalue weighted by Crippen LogP contribution is -2.46.